The highest BCUT2D eigenvalue weighted by molar-refractivity contribution is 7.80. The van der Waals surface area contributed by atoms with E-state index in [-0.39, 0.29) is 5.91 Å². The minimum absolute atomic E-state index is 0.245. The zero-order chi connectivity index (χ0) is 18.0. The molecule has 1 amide bonds. The molecule has 1 aliphatic rings. The van der Waals surface area contributed by atoms with Gasteiger partial charge in [0, 0.05) is 6.07 Å². The van der Waals surface area contributed by atoms with Gasteiger partial charge in [-0.1, -0.05) is 23.7 Å². The lowest BCUT2D eigenvalue weighted by molar-refractivity contribution is -0.113. The first-order valence-electron chi connectivity index (χ1n) is 7.38. The van der Waals surface area contributed by atoms with Gasteiger partial charge in [-0.05, 0) is 48.1 Å². The number of nitrogens with zero attached hydrogens (tertiary/aromatic N) is 1. The number of anilines is 1. The first kappa shape index (κ1) is 17.3. The molecule has 0 spiro atoms. The van der Waals surface area contributed by atoms with Crippen LogP contribution in [0.1, 0.15) is 5.56 Å². The van der Waals surface area contributed by atoms with Crippen LogP contribution in [0.25, 0.3) is 6.08 Å². The van der Waals surface area contributed by atoms with Gasteiger partial charge < -0.3 is 14.8 Å². The summed E-state index contributed by atoms with van der Waals surface area (Å²) < 4.78 is 10.3. The van der Waals surface area contributed by atoms with E-state index in [2.05, 4.69) is 5.32 Å². The maximum Gasteiger partial charge on any atom is 0.281 e. The summed E-state index contributed by atoms with van der Waals surface area (Å²) in [5.74, 6) is 0.978. The molecular weight excluding hydrogens is 360 g/mol. The van der Waals surface area contributed by atoms with E-state index in [1.165, 1.54) is 12.0 Å². The van der Waals surface area contributed by atoms with E-state index in [4.69, 9.17) is 33.3 Å². The van der Waals surface area contributed by atoms with Crippen molar-refractivity contribution in [1.29, 1.82) is 0 Å². The van der Waals surface area contributed by atoms with Gasteiger partial charge in [0.2, 0.25) is 0 Å². The lowest BCUT2D eigenvalue weighted by Crippen LogP contribution is -2.30. The molecule has 5 nitrogen and oxygen atoms in total. The topological polar surface area (TPSA) is 50.8 Å². The van der Waals surface area contributed by atoms with Crippen LogP contribution in [0.2, 0.25) is 5.02 Å². The van der Waals surface area contributed by atoms with Crippen LogP contribution in [-0.4, -0.2) is 25.2 Å². The van der Waals surface area contributed by atoms with Crippen LogP contribution in [0.15, 0.2) is 48.2 Å². The third-order valence-corrected chi connectivity index (χ3v) is 4.29. The van der Waals surface area contributed by atoms with Gasteiger partial charge in [-0.3, -0.25) is 9.69 Å². The molecule has 1 heterocycles. The van der Waals surface area contributed by atoms with Gasteiger partial charge in [0.25, 0.3) is 5.91 Å². The highest BCUT2D eigenvalue weighted by Gasteiger charge is 2.32. The molecule has 0 unspecified atom stereocenters. The Morgan fingerprint density at radius 1 is 1.12 bits per heavy atom. The number of benzene rings is 2. The van der Waals surface area contributed by atoms with E-state index in [1.807, 2.05) is 24.3 Å². The highest BCUT2D eigenvalue weighted by atomic mass is 35.5. The van der Waals surface area contributed by atoms with Crippen molar-refractivity contribution >= 4 is 46.6 Å². The molecule has 1 saturated heterocycles. The van der Waals surface area contributed by atoms with Crippen molar-refractivity contribution in [2.45, 2.75) is 0 Å². The van der Waals surface area contributed by atoms with Crippen molar-refractivity contribution in [3.8, 4) is 11.5 Å². The van der Waals surface area contributed by atoms with E-state index in [9.17, 15) is 4.79 Å². The average molecular weight is 375 g/mol. The second kappa shape index (κ2) is 7.13. The number of rotatable bonds is 4. The first-order chi connectivity index (χ1) is 12.0. The Hall–Kier alpha value is -2.57. The molecule has 0 bridgehead atoms. The molecule has 0 aromatic heterocycles. The molecule has 0 atom stereocenters. The maximum atomic E-state index is 12.7. The van der Waals surface area contributed by atoms with E-state index in [0.29, 0.717) is 27.3 Å². The van der Waals surface area contributed by atoms with Gasteiger partial charge in [-0.25, -0.2) is 0 Å². The summed E-state index contributed by atoms with van der Waals surface area (Å²) in [6.45, 7) is 0. The Labute approximate surface area is 155 Å². The first-order valence-corrected chi connectivity index (χ1v) is 8.17. The molecule has 0 aliphatic carbocycles. The number of thiocarbonyl (C=S) groups is 1. The smallest absolute Gasteiger partial charge is 0.281 e. The molecule has 128 valence electrons. The minimum Gasteiger partial charge on any atom is -0.497 e. The number of hydrogen-bond acceptors (Lipinski definition) is 4. The quantitative estimate of drug-likeness (QED) is 0.654. The van der Waals surface area contributed by atoms with Crippen LogP contribution in [0, 0.1) is 0 Å². The van der Waals surface area contributed by atoms with Gasteiger partial charge >= 0.3 is 0 Å². The number of nitrogens with one attached hydrogen (secondary N) is 1. The number of methoxy groups -OCH3 is 2. The molecule has 1 N–H and O–H groups in total. The largest absolute Gasteiger partial charge is 0.497 e. The average Bonchev–Trinajstić information content (AvgIpc) is 2.90. The van der Waals surface area contributed by atoms with Crippen molar-refractivity contribution in [2.75, 3.05) is 19.1 Å². The number of carbonyl (C=O) groups excluding carboxylic acids is 1. The van der Waals surface area contributed by atoms with Gasteiger partial charge in [0.15, 0.2) is 5.11 Å². The second-order valence-corrected chi connectivity index (χ2v) is 6.01. The van der Waals surface area contributed by atoms with Crippen molar-refractivity contribution in [3.63, 3.8) is 0 Å². The van der Waals surface area contributed by atoms with E-state index in [1.54, 1.807) is 31.4 Å². The Morgan fingerprint density at radius 3 is 2.48 bits per heavy atom. The van der Waals surface area contributed by atoms with Crippen molar-refractivity contribution in [3.05, 3.63) is 58.7 Å². The summed E-state index contributed by atoms with van der Waals surface area (Å²) in [6.07, 6.45) is 1.74. The van der Waals surface area contributed by atoms with Crippen molar-refractivity contribution < 1.29 is 14.3 Å². The van der Waals surface area contributed by atoms with Gasteiger partial charge in [0.05, 0.1) is 24.9 Å². The molecule has 1 fully saturated rings. The molecule has 1 aliphatic heterocycles. The highest BCUT2D eigenvalue weighted by Crippen LogP contribution is 2.31. The summed E-state index contributed by atoms with van der Waals surface area (Å²) in [5, 5.41) is 3.71. The summed E-state index contributed by atoms with van der Waals surface area (Å²) >= 11 is 11.3. The monoisotopic (exact) mass is 374 g/mol. The van der Waals surface area contributed by atoms with Gasteiger partial charge in [-0.15, -0.1) is 0 Å². The van der Waals surface area contributed by atoms with E-state index < -0.39 is 0 Å². The zero-order valence-electron chi connectivity index (χ0n) is 13.6. The zero-order valence-corrected chi connectivity index (χ0v) is 15.1. The summed E-state index contributed by atoms with van der Waals surface area (Å²) in [6, 6.07) is 12.4. The van der Waals surface area contributed by atoms with E-state index >= 15 is 0 Å². The Balaban J connectivity index is 1.90. The fraction of sp³-hybridized carbons (Fsp3) is 0.111. The lowest BCUT2D eigenvalue weighted by Gasteiger charge is -2.15. The maximum absolute atomic E-state index is 12.7. The molecule has 2 aromatic carbocycles. The van der Waals surface area contributed by atoms with Crippen LogP contribution in [0.4, 0.5) is 5.69 Å². The molecular formula is C18H15ClN2O3S. The molecule has 2 aromatic rings. The Morgan fingerprint density at radius 2 is 1.84 bits per heavy atom. The Bertz CT molecular complexity index is 865. The van der Waals surface area contributed by atoms with Crippen LogP contribution in [0.5, 0.6) is 11.5 Å². The Kier molecular flexibility index (Phi) is 4.92. The molecule has 0 saturated carbocycles. The summed E-state index contributed by atoms with van der Waals surface area (Å²) in [5.41, 5.74) is 1.83. The third-order valence-electron chi connectivity index (χ3n) is 3.70. The summed E-state index contributed by atoms with van der Waals surface area (Å²) in [7, 11) is 3.12. The number of halogens is 1. The predicted octanol–water partition coefficient (Wildman–Crippen LogP) is 3.62. The van der Waals surface area contributed by atoms with Crippen LogP contribution in [-0.2, 0) is 4.79 Å². The molecule has 3 rings (SSSR count). The fourth-order valence-electron chi connectivity index (χ4n) is 2.42. The number of amides is 1. The summed E-state index contributed by atoms with van der Waals surface area (Å²) in [4.78, 5) is 14.1. The minimum atomic E-state index is -0.245. The fourth-order valence-corrected chi connectivity index (χ4v) is 2.92. The van der Waals surface area contributed by atoms with Crippen LogP contribution in [0.3, 0.4) is 0 Å². The lowest BCUT2D eigenvalue weighted by atomic mass is 10.2. The molecule has 25 heavy (non-hydrogen) atoms. The van der Waals surface area contributed by atoms with Crippen molar-refractivity contribution in [2.24, 2.45) is 0 Å². The normalized spacial score (nSPS) is 15.5. The molecule has 7 heteroatoms. The second-order valence-electron chi connectivity index (χ2n) is 5.22. The van der Waals surface area contributed by atoms with Gasteiger partial charge in [-0.2, -0.15) is 0 Å². The van der Waals surface area contributed by atoms with Crippen LogP contribution < -0.4 is 19.7 Å². The molecule has 0 radical (unpaired) electrons. The van der Waals surface area contributed by atoms with Crippen LogP contribution >= 0.6 is 23.8 Å². The third kappa shape index (κ3) is 3.45. The SMILES string of the molecule is COc1ccc(C=C2NC(=S)N(c3ccc(Cl)c(OC)c3)C2=O)cc1. The number of ether oxygens (including phenoxy) is 2. The standard InChI is InChI=1S/C18H15ClN2O3S/c1-23-13-6-3-11(4-7-13)9-15-17(22)21(18(25)20-15)12-5-8-14(19)16(10-12)24-2/h3-10H,1-2H3,(H,20,25). The van der Waals surface area contributed by atoms with E-state index in [0.717, 1.165) is 11.3 Å². The van der Waals surface area contributed by atoms with Crippen molar-refractivity contribution in [1.82, 2.24) is 5.32 Å². The number of hydrogen-bond donors (Lipinski definition) is 1. The number of carbonyl (C=O) groups is 1. The van der Waals surface area contributed by atoms with Gasteiger partial charge in [0.1, 0.15) is 17.2 Å². The predicted molar refractivity (Wildman–Crippen MR) is 102 cm³/mol.